The van der Waals surface area contributed by atoms with Crippen molar-refractivity contribution in [3.8, 4) is 0 Å². The molecule has 0 amide bonds. The molecule has 1 aliphatic rings. The van der Waals surface area contributed by atoms with Gasteiger partial charge in [-0.3, -0.25) is 0 Å². The van der Waals surface area contributed by atoms with Crippen LogP contribution in [0.15, 0.2) is 0 Å². The molecule has 66 valence electrons. The van der Waals surface area contributed by atoms with Crippen molar-refractivity contribution in [3.05, 3.63) is 0 Å². The van der Waals surface area contributed by atoms with E-state index in [0.717, 1.165) is 12.8 Å². The maximum Gasteiger partial charge on any atom is 0.224 e. The Balaban J connectivity index is 2.62. The fourth-order valence-electron chi connectivity index (χ4n) is 1.25. The third kappa shape index (κ3) is 1.76. The third-order valence-corrected chi connectivity index (χ3v) is 5.26. The van der Waals surface area contributed by atoms with Crippen LogP contribution in [0.4, 0.5) is 0 Å². The van der Waals surface area contributed by atoms with E-state index in [1.807, 2.05) is 6.92 Å². The van der Waals surface area contributed by atoms with Crippen LogP contribution in [0.25, 0.3) is 0 Å². The van der Waals surface area contributed by atoms with Gasteiger partial charge in [-0.15, -0.1) is 0 Å². The topological polar surface area (TPSA) is 37.4 Å². The molecule has 0 saturated carbocycles. The van der Waals surface area contributed by atoms with Crippen LogP contribution in [0.2, 0.25) is 0 Å². The highest BCUT2D eigenvalue weighted by Crippen LogP contribution is 2.24. The van der Waals surface area contributed by atoms with Gasteiger partial charge in [0.15, 0.2) is 0 Å². The number of halogens is 1. The van der Waals surface area contributed by atoms with Crippen LogP contribution in [0.1, 0.15) is 19.8 Å². The van der Waals surface area contributed by atoms with Crippen LogP contribution in [0.3, 0.4) is 0 Å². The third-order valence-electron chi connectivity index (χ3n) is 2.06. The van der Waals surface area contributed by atoms with Gasteiger partial charge in [0, 0.05) is 12.6 Å². The summed E-state index contributed by atoms with van der Waals surface area (Å²) in [5.41, 5.74) is 0. The van der Waals surface area contributed by atoms with Crippen LogP contribution in [-0.2, 0) is 10.0 Å². The summed E-state index contributed by atoms with van der Waals surface area (Å²) in [6.07, 6.45) is 1.94. The van der Waals surface area contributed by atoms with E-state index in [2.05, 4.69) is 15.9 Å². The zero-order valence-electron chi connectivity index (χ0n) is 6.46. The summed E-state index contributed by atoms with van der Waals surface area (Å²) < 4.78 is 24.1. The van der Waals surface area contributed by atoms with E-state index in [1.54, 1.807) is 4.31 Å². The van der Waals surface area contributed by atoms with Gasteiger partial charge in [-0.05, 0) is 12.8 Å². The van der Waals surface area contributed by atoms with Crippen molar-refractivity contribution in [2.24, 2.45) is 0 Å². The van der Waals surface area contributed by atoms with Gasteiger partial charge in [0.2, 0.25) is 10.0 Å². The molecular formula is C6H12BrNO2S. The van der Waals surface area contributed by atoms with Gasteiger partial charge >= 0.3 is 0 Å². The number of nitrogens with zero attached hydrogens (tertiary/aromatic N) is 1. The molecule has 0 aromatic rings. The molecule has 1 saturated heterocycles. The molecule has 0 aromatic heterocycles. The highest BCUT2D eigenvalue weighted by atomic mass is 79.9. The van der Waals surface area contributed by atoms with Crippen molar-refractivity contribution in [2.45, 2.75) is 25.8 Å². The number of hydrogen-bond acceptors (Lipinski definition) is 2. The molecule has 1 unspecified atom stereocenters. The lowest BCUT2D eigenvalue weighted by Crippen LogP contribution is -2.50. The molecular weight excluding hydrogens is 230 g/mol. The van der Waals surface area contributed by atoms with Gasteiger partial charge in [0.05, 0.1) is 0 Å². The Hall–Kier alpha value is 0.390. The van der Waals surface area contributed by atoms with Crippen LogP contribution < -0.4 is 0 Å². The largest absolute Gasteiger partial charge is 0.224 e. The molecule has 0 radical (unpaired) electrons. The normalized spacial score (nSPS) is 26.5. The molecule has 3 nitrogen and oxygen atoms in total. The van der Waals surface area contributed by atoms with Gasteiger partial charge in [0.1, 0.15) is 4.66 Å². The van der Waals surface area contributed by atoms with Gasteiger partial charge in [0.25, 0.3) is 0 Å². The number of sulfonamides is 1. The predicted octanol–water partition coefficient (Wildman–Crippen LogP) is 1.15. The molecule has 0 aliphatic carbocycles. The monoisotopic (exact) mass is 241 g/mol. The fourth-order valence-corrected chi connectivity index (χ4v) is 3.26. The van der Waals surface area contributed by atoms with Crippen LogP contribution in [-0.4, -0.2) is 30.0 Å². The standard InChI is InChI=1S/C6H12BrNO2S/c1-2-6-3-4-8(6)11(9,10)5-7/h6H,2-5H2,1H3. The molecule has 1 heterocycles. The molecule has 5 heteroatoms. The second-order valence-corrected chi connectivity index (χ2v) is 5.91. The average molecular weight is 242 g/mol. The number of alkyl halides is 1. The number of hydrogen-bond donors (Lipinski definition) is 0. The Bertz CT molecular complexity index is 225. The van der Waals surface area contributed by atoms with Crippen molar-refractivity contribution >= 4 is 26.0 Å². The first kappa shape index (κ1) is 9.48. The van der Waals surface area contributed by atoms with Crippen molar-refractivity contribution in [1.29, 1.82) is 0 Å². The van der Waals surface area contributed by atoms with E-state index < -0.39 is 10.0 Å². The van der Waals surface area contributed by atoms with E-state index >= 15 is 0 Å². The van der Waals surface area contributed by atoms with E-state index in [0.29, 0.717) is 6.54 Å². The molecule has 1 rings (SSSR count). The second kappa shape index (κ2) is 3.41. The van der Waals surface area contributed by atoms with Gasteiger partial charge < -0.3 is 0 Å². The van der Waals surface area contributed by atoms with E-state index in [1.165, 1.54) is 0 Å². The summed E-state index contributed by atoms with van der Waals surface area (Å²) in [6.45, 7) is 2.72. The summed E-state index contributed by atoms with van der Waals surface area (Å²) >= 11 is 2.97. The van der Waals surface area contributed by atoms with Gasteiger partial charge in [-0.25, -0.2) is 8.42 Å². The van der Waals surface area contributed by atoms with Crippen molar-refractivity contribution in [3.63, 3.8) is 0 Å². The summed E-state index contributed by atoms with van der Waals surface area (Å²) in [6, 6.07) is 0.262. The Morgan fingerprint density at radius 2 is 2.27 bits per heavy atom. The molecule has 0 N–H and O–H groups in total. The number of rotatable bonds is 3. The maximum atomic E-state index is 11.2. The first-order valence-electron chi connectivity index (χ1n) is 3.67. The Labute approximate surface area is 75.9 Å². The molecule has 0 aromatic carbocycles. The minimum Gasteiger partial charge on any atom is -0.211 e. The second-order valence-electron chi connectivity index (χ2n) is 2.68. The van der Waals surface area contributed by atoms with E-state index in [9.17, 15) is 8.42 Å². The summed E-state index contributed by atoms with van der Waals surface area (Å²) in [7, 11) is -2.97. The summed E-state index contributed by atoms with van der Waals surface area (Å²) in [5, 5.41) is 0. The van der Waals surface area contributed by atoms with Gasteiger partial charge in [-0.2, -0.15) is 4.31 Å². The molecule has 1 fully saturated rings. The predicted molar refractivity (Wildman–Crippen MR) is 48.1 cm³/mol. The first-order chi connectivity index (χ1) is 5.11. The molecule has 1 atom stereocenters. The zero-order chi connectivity index (χ0) is 8.48. The van der Waals surface area contributed by atoms with E-state index in [-0.39, 0.29) is 10.7 Å². The lowest BCUT2D eigenvalue weighted by molar-refractivity contribution is 0.195. The molecule has 0 bridgehead atoms. The highest BCUT2D eigenvalue weighted by Gasteiger charge is 2.35. The smallest absolute Gasteiger partial charge is 0.211 e. The Kier molecular flexibility index (Phi) is 2.94. The first-order valence-corrected chi connectivity index (χ1v) is 6.40. The Morgan fingerprint density at radius 1 is 1.64 bits per heavy atom. The van der Waals surface area contributed by atoms with Crippen LogP contribution >= 0.6 is 15.9 Å². The maximum absolute atomic E-state index is 11.2. The summed E-state index contributed by atoms with van der Waals surface area (Å²) in [5.74, 6) is 0. The van der Waals surface area contributed by atoms with Crippen molar-refractivity contribution < 1.29 is 8.42 Å². The minimum absolute atomic E-state index is 0.0521. The molecule has 1 aliphatic heterocycles. The highest BCUT2D eigenvalue weighted by molar-refractivity contribution is 9.10. The molecule has 11 heavy (non-hydrogen) atoms. The Morgan fingerprint density at radius 3 is 2.55 bits per heavy atom. The van der Waals surface area contributed by atoms with Crippen molar-refractivity contribution in [1.82, 2.24) is 4.31 Å². The fraction of sp³-hybridized carbons (Fsp3) is 1.00. The quantitative estimate of drug-likeness (QED) is 0.696. The van der Waals surface area contributed by atoms with Crippen LogP contribution in [0, 0.1) is 0 Å². The van der Waals surface area contributed by atoms with E-state index in [4.69, 9.17) is 0 Å². The average Bonchev–Trinajstić information content (AvgIpc) is 1.86. The minimum atomic E-state index is -2.97. The van der Waals surface area contributed by atoms with Crippen LogP contribution in [0.5, 0.6) is 0 Å². The lowest BCUT2D eigenvalue weighted by Gasteiger charge is -2.38. The van der Waals surface area contributed by atoms with Gasteiger partial charge in [-0.1, -0.05) is 22.9 Å². The molecule has 0 spiro atoms. The zero-order valence-corrected chi connectivity index (χ0v) is 8.86. The summed E-state index contributed by atoms with van der Waals surface area (Å²) in [4.78, 5) is 0. The van der Waals surface area contributed by atoms with Crippen molar-refractivity contribution in [2.75, 3.05) is 11.2 Å². The lowest BCUT2D eigenvalue weighted by atomic mass is 10.1. The SMILES string of the molecule is CCC1CCN1S(=O)(=O)CBr.